The quantitative estimate of drug-likeness (QED) is 0.830. The molecule has 4 nitrogen and oxygen atoms in total. The second-order valence-corrected chi connectivity index (χ2v) is 5.56. The van der Waals surface area contributed by atoms with Crippen LogP contribution in [-0.4, -0.2) is 28.4 Å². The second-order valence-electron chi connectivity index (χ2n) is 5.56. The molecule has 3 unspecified atom stereocenters. The molecule has 2 rings (SSSR count). The number of benzene rings is 1. The fraction of sp³-hybridized carbons (Fsp3) is 0.562. The molecule has 3 atom stereocenters. The number of ether oxygens (including phenoxy) is 1. The summed E-state index contributed by atoms with van der Waals surface area (Å²) in [5.41, 5.74) is 0.423. The molecule has 20 heavy (non-hydrogen) atoms. The van der Waals surface area contributed by atoms with Gasteiger partial charge in [0.2, 0.25) is 0 Å². The van der Waals surface area contributed by atoms with E-state index >= 15 is 0 Å². The molecular formula is C16H22O4. The standard InChI is InChI=1S/C16H22O4/c1-11(17)12(2)20-16(15(18)19)10-6-5-8-13-7-3-4-9-14(13)16/h3-4,7,9,11-12,17H,5-6,8,10H2,1-2H3,(H,18,19). The van der Waals surface area contributed by atoms with E-state index in [1.165, 1.54) is 0 Å². The largest absolute Gasteiger partial charge is 0.479 e. The van der Waals surface area contributed by atoms with Crippen molar-refractivity contribution in [2.24, 2.45) is 0 Å². The predicted molar refractivity (Wildman–Crippen MR) is 75.5 cm³/mol. The summed E-state index contributed by atoms with van der Waals surface area (Å²) >= 11 is 0. The van der Waals surface area contributed by atoms with E-state index in [0.717, 1.165) is 30.4 Å². The molecule has 0 aliphatic heterocycles. The van der Waals surface area contributed by atoms with Gasteiger partial charge in [0.25, 0.3) is 0 Å². The lowest BCUT2D eigenvalue weighted by atomic mass is 9.87. The van der Waals surface area contributed by atoms with Gasteiger partial charge in [0.15, 0.2) is 5.60 Å². The first-order chi connectivity index (χ1) is 9.47. The van der Waals surface area contributed by atoms with Crippen molar-refractivity contribution in [1.82, 2.24) is 0 Å². The molecule has 0 amide bonds. The lowest BCUT2D eigenvalue weighted by molar-refractivity contribution is -0.184. The Hall–Kier alpha value is -1.39. The van der Waals surface area contributed by atoms with Crippen LogP contribution in [0.2, 0.25) is 0 Å². The van der Waals surface area contributed by atoms with E-state index in [1.54, 1.807) is 13.8 Å². The molecule has 0 aromatic heterocycles. The molecule has 1 aliphatic rings. The molecule has 0 fully saturated rings. The van der Waals surface area contributed by atoms with Gasteiger partial charge in [-0.3, -0.25) is 0 Å². The Morgan fingerprint density at radius 1 is 1.30 bits per heavy atom. The van der Waals surface area contributed by atoms with Crippen LogP contribution in [0.3, 0.4) is 0 Å². The highest BCUT2D eigenvalue weighted by atomic mass is 16.5. The monoisotopic (exact) mass is 278 g/mol. The summed E-state index contributed by atoms with van der Waals surface area (Å²) in [4.78, 5) is 11.9. The van der Waals surface area contributed by atoms with Gasteiger partial charge >= 0.3 is 5.97 Å². The molecule has 0 saturated carbocycles. The number of carbonyl (C=O) groups is 1. The molecule has 0 saturated heterocycles. The van der Waals surface area contributed by atoms with Gasteiger partial charge in [-0.2, -0.15) is 0 Å². The van der Waals surface area contributed by atoms with Crippen LogP contribution in [0.5, 0.6) is 0 Å². The Kier molecular flexibility index (Phi) is 4.45. The minimum Gasteiger partial charge on any atom is -0.479 e. The minimum atomic E-state index is -1.34. The number of aliphatic carboxylic acids is 1. The van der Waals surface area contributed by atoms with Gasteiger partial charge in [0, 0.05) is 0 Å². The lowest BCUT2D eigenvalue weighted by Crippen LogP contribution is -2.43. The van der Waals surface area contributed by atoms with Gasteiger partial charge in [-0.25, -0.2) is 4.79 Å². The lowest BCUT2D eigenvalue weighted by Gasteiger charge is -2.34. The van der Waals surface area contributed by atoms with Crippen molar-refractivity contribution in [2.75, 3.05) is 0 Å². The van der Waals surface area contributed by atoms with Crippen molar-refractivity contribution in [3.63, 3.8) is 0 Å². The number of fused-ring (bicyclic) bond motifs is 1. The highest BCUT2D eigenvalue weighted by Crippen LogP contribution is 2.39. The normalized spacial score (nSPS) is 25.4. The van der Waals surface area contributed by atoms with Crippen LogP contribution < -0.4 is 0 Å². The maximum atomic E-state index is 11.9. The second kappa shape index (κ2) is 5.94. The van der Waals surface area contributed by atoms with E-state index < -0.39 is 23.8 Å². The molecule has 2 N–H and O–H groups in total. The van der Waals surface area contributed by atoms with Crippen molar-refractivity contribution in [1.29, 1.82) is 0 Å². The fourth-order valence-corrected chi connectivity index (χ4v) is 2.77. The molecule has 1 aliphatic carbocycles. The number of rotatable bonds is 4. The van der Waals surface area contributed by atoms with Crippen molar-refractivity contribution in [3.8, 4) is 0 Å². The molecule has 0 spiro atoms. The van der Waals surface area contributed by atoms with Crippen LogP contribution in [0.1, 0.15) is 44.2 Å². The van der Waals surface area contributed by atoms with Crippen molar-refractivity contribution >= 4 is 5.97 Å². The molecule has 1 aromatic carbocycles. The van der Waals surface area contributed by atoms with Crippen molar-refractivity contribution < 1.29 is 19.7 Å². The van der Waals surface area contributed by atoms with Crippen LogP contribution >= 0.6 is 0 Å². The van der Waals surface area contributed by atoms with E-state index in [4.69, 9.17) is 4.74 Å². The third-order valence-electron chi connectivity index (χ3n) is 4.09. The number of aliphatic hydroxyl groups excluding tert-OH is 1. The van der Waals surface area contributed by atoms with E-state index in [1.807, 2.05) is 24.3 Å². The summed E-state index contributed by atoms with van der Waals surface area (Å²) in [6.07, 6.45) is 1.83. The van der Waals surface area contributed by atoms with E-state index in [-0.39, 0.29) is 0 Å². The van der Waals surface area contributed by atoms with Gasteiger partial charge < -0.3 is 14.9 Å². The van der Waals surface area contributed by atoms with E-state index in [2.05, 4.69) is 0 Å². The number of carboxylic acid groups (broad SMARTS) is 1. The molecular weight excluding hydrogens is 256 g/mol. The molecule has 0 bridgehead atoms. The fourth-order valence-electron chi connectivity index (χ4n) is 2.77. The van der Waals surface area contributed by atoms with E-state index in [9.17, 15) is 15.0 Å². The van der Waals surface area contributed by atoms with Crippen molar-refractivity contribution in [3.05, 3.63) is 35.4 Å². The van der Waals surface area contributed by atoms with Gasteiger partial charge in [0.05, 0.1) is 12.2 Å². The topological polar surface area (TPSA) is 66.8 Å². The molecule has 1 aromatic rings. The first-order valence-electron chi connectivity index (χ1n) is 7.15. The third kappa shape index (κ3) is 2.72. The highest BCUT2D eigenvalue weighted by Gasteiger charge is 2.45. The van der Waals surface area contributed by atoms with Crippen LogP contribution in [0.15, 0.2) is 24.3 Å². The Bertz CT molecular complexity index is 483. The number of aliphatic hydroxyl groups is 1. The third-order valence-corrected chi connectivity index (χ3v) is 4.09. The van der Waals surface area contributed by atoms with Crippen LogP contribution in [0.4, 0.5) is 0 Å². The minimum absolute atomic E-state index is 0.441. The Balaban J connectivity index is 2.48. The summed E-state index contributed by atoms with van der Waals surface area (Å²) in [5.74, 6) is -0.973. The Labute approximate surface area is 119 Å². The van der Waals surface area contributed by atoms with Crippen LogP contribution in [0, 0.1) is 0 Å². The number of carboxylic acids is 1. The molecule has 110 valence electrons. The maximum absolute atomic E-state index is 11.9. The molecule has 4 heteroatoms. The first kappa shape index (κ1) is 15.0. The van der Waals surface area contributed by atoms with E-state index in [0.29, 0.717) is 6.42 Å². The van der Waals surface area contributed by atoms with Crippen LogP contribution in [-0.2, 0) is 21.6 Å². The zero-order valence-electron chi connectivity index (χ0n) is 12.0. The molecule has 0 radical (unpaired) electrons. The van der Waals surface area contributed by atoms with Gasteiger partial charge in [-0.15, -0.1) is 0 Å². The Morgan fingerprint density at radius 3 is 2.65 bits per heavy atom. The van der Waals surface area contributed by atoms with Gasteiger partial charge in [-0.1, -0.05) is 24.3 Å². The Morgan fingerprint density at radius 2 is 2.00 bits per heavy atom. The van der Waals surface area contributed by atoms with Crippen LogP contribution in [0.25, 0.3) is 0 Å². The maximum Gasteiger partial charge on any atom is 0.340 e. The number of aryl methyl sites for hydroxylation is 1. The van der Waals surface area contributed by atoms with Gasteiger partial charge in [-0.05, 0) is 50.7 Å². The number of hydrogen-bond donors (Lipinski definition) is 2. The summed E-state index contributed by atoms with van der Waals surface area (Å²) in [6, 6.07) is 7.57. The summed E-state index contributed by atoms with van der Waals surface area (Å²) in [6.45, 7) is 3.33. The zero-order valence-corrected chi connectivity index (χ0v) is 12.0. The first-order valence-corrected chi connectivity index (χ1v) is 7.15. The average molecular weight is 278 g/mol. The number of hydrogen-bond acceptors (Lipinski definition) is 3. The smallest absolute Gasteiger partial charge is 0.340 e. The highest BCUT2D eigenvalue weighted by molar-refractivity contribution is 5.80. The SMILES string of the molecule is CC(O)C(C)OC1(C(=O)O)CCCCc2ccccc21. The van der Waals surface area contributed by atoms with Crippen molar-refractivity contribution in [2.45, 2.75) is 57.3 Å². The summed E-state index contributed by atoms with van der Waals surface area (Å²) in [5, 5.41) is 19.4. The predicted octanol–water partition coefficient (Wildman–Crippen LogP) is 2.48. The average Bonchev–Trinajstić information content (AvgIpc) is 2.59. The zero-order chi connectivity index (χ0) is 14.8. The summed E-state index contributed by atoms with van der Waals surface area (Å²) in [7, 11) is 0. The van der Waals surface area contributed by atoms with Gasteiger partial charge in [0.1, 0.15) is 0 Å². The summed E-state index contributed by atoms with van der Waals surface area (Å²) < 4.78 is 5.86. The molecule has 0 heterocycles.